The van der Waals surface area contributed by atoms with E-state index in [1.54, 1.807) is 24.3 Å². The zero-order valence-electron chi connectivity index (χ0n) is 17.4. The third-order valence-corrected chi connectivity index (χ3v) is 5.38. The first kappa shape index (κ1) is 22.1. The molecule has 3 rings (SSSR count). The molecule has 3 amide bonds. The molecule has 0 bridgehead atoms. The summed E-state index contributed by atoms with van der Waals surface area (Å²) in [4.78, 5) is 36.4. The first-order valence-corrected chi connectivity index (χ1v) is 10.7. The average molecular weight is 418 g/mol. The Kier molecular flexibility index (Phi) is 8.07. The molecule has 0 radical (unpaired) electrons. The van der Waals surface area contributed by atoms with Crippen LogP contribution in [-0.4, -0.2) is 49.4 Å². The van der Waals surface area contributed by atoms with Crippen molar-refractivity contribution in [1.29, 1.82) is 0 Å². The summed E-state index contributed by atoms with van der Waals surface area (Å²) in [6.45, 7) is 2.68. The molecule has 164 valence electrons. The normalized spacial score (nSPS) is 20.2. The van der Waals surface area contributed by atoms with E-state index in [4.69, 9.17) is 14.2 Å². The van der Waals surface area contributed by atoms with Crippen LogP contribution in [0.5, 0.6) is 5.75 Å². The maximum atomic E-state index is 12.3. The van der Waals surface area contributed by atoms with Crippen LogP contribution in [0.1, 0.15) is 62.2 Å². The summed E-state index contributed by atoms with van der Waals surface area (Å²) in [5.74, 6) is -0.670. The third kappa shape index (κ3) is 6.73. The number of benzene rings is 1. The number of rotatable bonds is 7. The molecule has 1 heterocycles. The van der Waals surface area contributed by atoms with Crippen molar-refractivity contribution >= 4 is 17.9 Å². The van der Waals surface area contributed by atoms with Crippen molar-refractivity contribution in [3.63, 3.8) is 0 Å². The van der Waals surface area contributed by atoms with Crippen LogP contribution >= 0.6 is 0 Å². The minimum atomic E-state index is -1.09. The predicted octanol–water partition coefficient (Wildman–Crippen LogP) is 2.95. The maximum Gasteiger partial charge on any atom is 0.338 e. The predicted molar refractivity (Wildman–Crippen MR) is 109 cm³/mol. The summed E-state index contributed by atoms with van der Waals surface area (Å²) < 4.78 is 16.3. The van der Waals surface area contributed by atoms with Gasteiger partial charge < -0.3 is 19.5 Å². The van der Waals surface area contributed by atoms with E-state index < -0.39 is 24.0 Å². The molecule has 0 spiro atoms. The van der Waals surface area contributed by atoms with Crippen LogP contribution in [0.25, 0.3) is 0 Å². The van der Waals surface area contributed by atoms with E-state index in [1.807, 2.05) is 0 Å². The monoisotopic (exact) mass is 418 g/mol. The molecular formula is C22H30N2O6. The molecule has 0 unspecified atom stereocenters. The highest BCUT2D eigenvalue weighted by atomic mass is 16.5. The molecule has 2 N–H and O–H groups in total. The average Bonchev–Trinajstić information content (AvgIpc) is 3.27. The smallest absolute Gasteiger partial charge is 0.338 e. The number of ether oxygens (including phenoxy) is 3. The second kappa shape index (κ2) is 11.0. The van der Waals surface area contributed by atoms with Crippen molar-refractivity contribution < 1.29 is 28.6 Å². The van der Waals surface area contributed by atoms with Gasteiger partial charge in [-0.2, -0.15) is 0 Å². The summed E-state index contributed by atoms with van der Waals surface area (Å²) in [6.07, 6.45) is 6.22. The van der Waals surface area contributed by atoms with Crippen LogP contribution < -0.4 is 15.4 Å². The molecule has 2 atom stereocenters. The second-order valence-electron chi connectivity index (χ2n) is 7.82. The number of imide groups is 1. The molecule has 1 saturated carbocycles. The van der Waals surface area contributed by atoms with Crippen molar-refractivity contribution in [2.24, 2.45) is 0 Å². The van der Waals surface area contributed by atoms with Gasteiger partial charge in [-0.3, -0.25) is 10.1 Å². The quantitative estimate of drug-likeness (QED) is 0.660. The first-order valence-electron chi connectivity index (χ1n) is 10.7. The Morgan fingerprint density at radius 2 is 1.80 bits per heavy atom. The van der Waals surface area contributed by atoms with Gasteiger partial charge in [0.25, 0.3) is 5.91 Å². The van der Waals surface area contributed by atoms with E-state index in [0.717, 1.165) is 45.1 Å². The van der Waals surface area contributed by atoms with Crippen LogP contribution in [0.3, 0.4) is 0 Å². The van der Waals surface area contributed by atoms with Gasteiger partial charge in [-0.1, -0.05) is 19.3 Å². The summed E-state index contributed by atoms with van der Waals surface area (Å²) >= 11 is 0. The number of hydrogen-bond donors (Lipinski definition) is 2. The van der Waals surface area contributed by atoms with Crippen LogP contribution in [0, 0.1) is 0 Å². The number of hydrogen-bond acceptors (Lipinski definition) is 6. The molecule has 0 aromatic heterocycles. The number of urea groups is 1. The van der Waals surface area contributed by atoms with E-state index in [1.165, 1.54) is 13.3 Å². The molecule has 1 aliphatic carbocycles. The Bertz CT molecular complexity index is 724. The molecule has 1 aromatic carbocycles. The Labute approximate surface area is 176 Å². The van der Waals surface area contributed by atoms with Gasteiger partial charge >= 0.3 is 12.0 Å². The van der Waals surface area contributed by atoms with E-state index in [2.05, 4.69) is 10.6 Å². The molecule has 8 heteroatoms. The highest BCUT2D eigenvalue weighted by molar-refractivity contribution is 5.98. The van der Waals surface area contributed by atoms with Crippen LogP contribution in [-0.2, 0) is 14.3 Å². The largest absolute Gasteiger partial charge is 0.491 e. The first-order chi connectivity index (χ1) is 14.5. The van der Waals surface area contributed by atoms with E-state index in [0.29, 0.717) is 17.9 Å². The zero-order valence-corrected chi connectivity index (χ0v) is 17.4. The molecule has 2 fully saturated rings. The van der Waals surface area contributed by atoms with E-state index >= 15 is 0 Å². The summed E-state index contributed by atoms with van der Waals surface area (Å²) in [6, 6.07) is 6.04. The number of esters is 1. The fraction of sp³-hybridized carbons (Fsp3) is 0.591. The van der Waals surface area contributed by atoms with Gasteiger partial charge in [-0.15, -0.1) is 0 Å². The van der Waals surface area contributed by atoms with Crippen LogP contribution in [0.4, 0.5) is 4.79 Å². The molecule has 30 heavy (non-hydrogen) atoms. The maximum absolute atomic E-state index is 12.3. The van der Waals surface area contributed by atoms with Gasteiger partial charge in [0.05, 0.1) is 11.7 Å². The number of amides is 3. The molecule has 2 aliphatic rings. The summed E-state index contributed by atoms with van der Waals surface area (Å²) in [5, 5.41) is 5.03. The second-order valence-corrected chi connectivity index (χ2v) is 7.82. The number of carbonyl (C=O) groups is 3. The Morgan fingerprint density at radius 1 is 1.07 bits per heavy atom. The van der Waals surface area contributed by atoms with Gasteiger partial charge in [0.2, 0.25) is 0 Å². The van der Waals surface area contributed by atoms with Crippen LogP contribution in [0.15, 0.2) is 24.3 Å². The lowest BCUT2D eigenvalue weighted by Crippen LogP contribution is -2.48. The lowest BCUT2D eigenvalue weighted by Gasteiger charge is -2.23. The lowest BCUT2D eigenvalue weighted by molar-refractivity contribution is -0.127. The molecule has 1 saturated heterocycles. The van der Waals surface area contributed by atoms with Crippen molar-refractivity contribution in [2.75, 3.05) is 13.2 Å². The third-order valence-electron chi connectivity index (χ3n) is 5.38. The highest BCUT2D eigenvalue weighted by Gasteiger charge is 2.23. The van der Waals surface area contributed by atoms with E-state index in [9.17, 15) is 14.4 Å². The zero-order chi connectivity index (χ0) is 21.3. The lowest BCUT2D eigenvalue weighted by atomic mass is 9.96. The topological polar surface area (TPSA) is 103 Å². The standard InChI is InChI=1S/C22H30N2O6/c1-15(20(25)24-22(27)23-17-6-3-2-4-7-17)30-21(26)16-9-11-18(12-10-16)29-14-19-8-5-13-28-19/h9-12,15,17,19H,2-8,13-14H2,1H3,(H2,23,24,25,27)/t15-,19+/m0/s1. The Morgan fingerprint density at radius 3 is 2.47 bits per heavy atom. The van der Waals surface area contributed by atoms with Gasteiger partial charge in [-0.25, -0.2) is 9.59 Å². The minimum Gasteiger partial charge on any atom is -0.491 e. The Hall–Kier alpha value is -2.61. The SMILES string of the molecule is C[C@H](OC(=O)c1ccc(OC[C@H]2CCCO2)cc1)C(=O)NC(=O)NC1CCCCC1. The van der Waals surface area contributed by atoms with Crippen molar-refractivity contribution in [3.05, 3.63) is 29.8 Å². The summed E-state index contributed by atoms with van der Waals surface area (Å²) in [7, 11) is 0. The number of carbonyl (C=O) groups excluding carboxylic acids is 3. The van der Waals surface area contributed by atoms with Crippen molar-refractivity contribution in [1.82, 2.24) is 10.6 Å². The van der Waals surface area contributed by atoms with Gasteiger partial charge in [0.1, 0.15) is 12.4 Å². The fourth-order valence-electron chi connectivity index (χ4n) is 3.62. The van der Waals surface area contributed by atoms with Gasteiger partial charge in [0.15, 0.2) is 6.10 Å². The van der Waals surface area contributed by atoms with Gasteiger partial charge in [0, 0.05) is 12.6 Å². The Balaban J connectivity index is 1.41. The van der Waals surface area contributed by atoms with Crippen molar-refractivity contribution in [3.8, 4) is 5.75 Å². The molecular weight excluding hydrogens is 388 g/mol. The van der Waals surface area contributed by atoms with E-state index in [-0.39, 0.29) is 12.1 Å². The fourth-order valence-corrected chi connectivity index (χ4v) is 3.62. The molecule has 8 nitrogen and oxygen atoms in total. The van der Waals surface area contributed by atoms with Gasteiger partial charge in [-0.05, 0) is 56.9 Å². The molecule has 1 aromatic rings. The number of nitrogens with one attached hydrogen (secondary N) is 2. The highest BCUT2D eigenvalue weighted by Crippen LogP contribution is 2.18. The van der Waals surface area contributed by atoms with Crippen molar-refractivity contribution in [2.45, 2.75) is 70.1 Å². The minimum absolute atomic E-state index is 0.0883. The van der Waals surface area contributed by atoms with Crippen LogP contribution in [0.2, 0.25) is 0 Å². The molecule has 1 aliphatic heterocycles. The summed E-state index contributed by atoms with van der Waals surface area (Å²) in [5.41, 5.74) is 0.297.